The molecule has 0 saturated carbocycles. The molecule has 234 valence electrons. The van der Waals surface area contributed by atoms with Gasteiger partial charge in [0.1, 0.15) is 0 Å². The number of benzene rings is 3. The predicted molar refractivity (Wildman–Crippen MR) is 179 cm³/mol. The largest absolute Gasteiger partial charge is 0.493 e. The molecule has 15 heteroatoms. The van der Waals surface area contributed by atoms with Crippen molar-refractivity contribution in [3.05, 3.63) is 113 Å². The summed E-state index contributed by atoms with van der Waals surface area (Å²) in [7, 11) is 4.32. The smallest absolute Gasteiger partial charge is 0.332 e. The second kappa shape index (κ2) is 12.4. The summed E-state index contributed by atoms with van der Waals surface area (Å²) in [5.74, 6) is 0.0310. The lowest BCUT2D eigenvalue weighted by Crippen LogP contribution is -2.37. The number of methoxy groups -OCH3 is 1. The van der Waals surface area contributed by atoms with Crippen molar-refractivity contribution < 1.29 is 19.1 Å². The summed E-state index contributed by atoms with van der Waals surface area (Å²) in [6.07, 6.45) is 1.57. The summed E-state index contributed by atoms with van der Waals surface area (Å²) in [4.78, 5) is 57.6. The number of aryl methyl sites for hydroxylation is 1. The highest BCUT2D eigenvalue weighted by Crippen LogP contribution is 2.38. The van der Waals surface area contributed by atoms with Crippen LogP contribution >= 0.6 is 46.6 Å². The van der Waals surface area contributed by atoms with Crippen LogP contribution in [0, 0.1) is 0 Å². The van der Waals surface area contributed by atoms with Crippen LogP contribution < -0.4 is 25.6 Å². The SMILES string of the molecule is COc1cc(C=C2SC(=O)N(c3ccc(Cl)cc3)C2=O)ccc1Oc1nc2c(c(=O)n(C)c(=O)n2C)n1Cc1ccc(Cl)cc1Cl. The maximum Gasteiger partial charge on any atom is 0.332 e. The average Bonchev–Trinajstić information content (AvgIpc) is 3.52. The van der Waals surface area contributed by atoms with Crippen molar-refractivity contribution in [3.8, 4) is 17.5 Å². The quantitative estimate of drug-likeness (QED) is 0.177. The minimum Gasteiger partial charge on any atom is -0.493 e. The number of rotatable bonds is 7. The zero-order chi connectivity index (χ0) is 32.9. The fraction of sp³-hybridized carbons (Fsp3) is 0.129. The normalized spacial score (nSPS) is 14.1. The molecule has 1 aliphatic rings. The molecule has 0 aliphatic carbocycles. The molecule has 0 spiro atoms. The number of halogens is 3. The fourth-order valence-electron chi connectivity index (χ4n) is 4.86. The van der Waals surface area contributed by atoms with Crippen LogP contribution in [0.15, 0.2) is 75.2 Å². The summed E-state index contributed by atoms with van der Waals surface area (Å²) in [6.45, 7) is 0.0687. The third-order valence-corrected chi connectivity index (χ3v) is 8.93. The highest BCUT2D eigenvalue weighted by Gasteiger charge is 2.36. The Morgan fingerprint density at radius 2 is 1.59 bits per heavy atom. The Kier molecular flexibility index (Phi) is 8.47. The Morgan fingerprint density at radius 3 is 2.28 bits per heavy atom. The molecule has 0 bridgehead atoms. The van der Waals surface area contributed by atoms with Crippen molar-refractivity contribution in [2.24, 2.45) is 14.1 Å². The lowest BCUT2D eigenvalue weighted by molar-refractivity contribution is -0.113. The van der Waals surface area contributed by atoms with Crippen LogP contribution in [0.5, 0.6) is 17.5 Å². The average molecular weight is 699 g/mol. The molecule has 11 nitrogen and oxygen atoms in total. The summed E-state index contributed by atoms with van der Waals surface area (Å²) in [6, 6.07) is 16.3. The number of carbonyl (C=O) groups is 2. The van der Waals surface area contributed by atoms with E-state index in [1.165, 1.54) is 30.3 Å². The van der Waals surface area contributed by atoms with Gasteiger partial charge in [0.2, 0.25) is 0 Å². The second-order valence-corrected chi connectivity index (χ2v) is 12.4. The number of imide groups is 1. The van der Waals surface area contributed by atoms with Crippen LogP contribution in [0.25, 0.3) is 17.2 Å². The van der Waals surface area contributed by atoms with E-state index in [9.17, 15) is 19.2 Å². The van der Waals surface area contributed by atoms with Crippen LogP contribution in [0.2, 0.25) is 15.1 Å². The van der Waals surface area contributed by atoms with E-state index >= 15 is 0 Å². The first-order valence-corrected chi connectivity index (χ1v) is 15.4. The fourth-order valence-corrected chi connectivity index (χ4v) is 6.30. The number of ether oxygens (including phenoxy) is 2. The zero-order valence-corrected chi connectivity index (χ0v) is 27.4. The van der Waals surface area contributed by atoms with E-state index in [-0.39, 0.29) is 40.1 Å². The van der Waals surface area contributed by atoms with Gasteiger partial charge in [-0.3, -0.25) is 28.1 Å². The number of hydrogen-bond acceptors (Lipinski definition) is 8. The number of thioether (sulfide) groups is 1. The third kappa shape index (κ3) is 5.69. The number of nitrogens with zero attached hydrogens (tertiary/aromatic N) is 5. The predicted octanol–water partition coefficient (Wildman–Crippen LogP) is 6.48. The van der Waals surface area contributed by atoms with Crippen LogP contribution in [-0.4, -0.2) is 36.9 Å². The minimum atomic E-state index is -0.569. The molecule has 0 unspecified atom stereocenters. The number of carbonyl (C=O) groups excluding carboxylic acids is 2. The topological polar surface area (TPSA) is 118 Å². The maximum atomic E-state index is 13.3. The van der Waals surface area contributed by atoms with Crippen molar-refractivity contribution in [2.75, 3.05) is 12.0 Å². The Hall–Kier alpha value is -4.49. The van der Waals surface area contributed by atoms with E-state index in [1.807, 2.05) is 0 Å². The van der Waals surface area contributed by atoms with E-state index in [2.05, 4.69) is 4.98 Å². The lowest BCUT2D eigenvalue weighted by Gasteiger charge is -2.14. The molecule has 5 aromatic rings. The van der Waals surface area contributed by atoms with Gasteiger partial charge in [0.25, 0.3) is 16.7 Å². The first-order chi connectivity index (χ1) is 22.0. The zero-order valence-electron chi connectivity index (χ0n) is 24.3. The number of hydrogen-bond donors (Lipinski definition) is 0. The molecule has 1 saturated heterocycles. The van der Waals surface area contributed by atoms with Crippen LogP contribution in [0.1, 0.15) is 11.1 Å². The van der Waals surface area contributed by atoms with E-state index < -0.39 is 22.4 Å². The number of amides is 2. The highest BCUT2D eigenvalue weighted by atomic mass is 35.5. The van der Waals surface area contributed by atoms with Gasteiger partial charge >= 0.3 is 11.7 Å². The van der Waals surface area contributed by atoms with Gasteiger partial charge in [0.05, 0.1) is 24.2 Å². The van der Waals surface area contributed by atoms with Gasteiger partial charge in [0.15, 0.2) is 22.7 Å². The molecule has 46 heavy (non-hydrogen) atoms. The highest BCUT2D eigenvalue weighted by molar-refractivity contribution is 8.19. The Labute approximate surface area is 280 Å². The third-order valence-electron chi connectivity index (χ3n) is 7.22. The molecule has 0 radical (unpaired) electrons. The van der Waals surface area contributed by atoms with Crippen LogP contribution in [-0.2, 0) is 25.4 Å². The molecule has 3 aromatic carbocycles. The molecule has 2 amide bonds. The molecule has 0 N–H and O–H groups in total. The molecule has 6 rings (SSSR count). The van der Waals surface area contributed by atoms with E-state index in [0.29, 0.717) is 31.9 Å². The van der Waals surface area contributed by atoms with Gasteiger partial charge in [-0.1, -0.05) is 46.9 Å². The molecule has 2 aromatic heterocycles. The minimum absolute atomic E-state index is 0.00514. The first-order valence-electron chi connectivity index (χ1n) is 13.5. The number of anilines is 1. The van der Waals surface area contributed by atoms with Gasteiger partial charge in [0, 0.05) is 29.2 Å². The van der Waals surface area contributed by atoms with Gasteiger partial charge in [-0.05, 0) is 77.5 Å². The van der Waals surface area contributed by atoms with Crippen molar-refractivity contribution in [1.29, 1.82) is 0 Å². The molecule has 3 heterocycles. The van der Waals surface area contributed by atoms with Crippen LogP contribution in [0.3, 0.4) is 0 Å². The number of fused-ring (bicyclic) bond motifs is 1. The Balaban J connectivity index is 1.38. The Bertz CT molecular complexity index is 2230. The van der Waals surface area contributed by atoms with Crippen molar-refractivity contribution >= 4 is 80.6 Å². The second-order valence-electron chi connectivity index (χ2n) is 10.1. The van der Waals surface area contributed by atoms with Gasteiger partial charge in [-0.2, -0.15) is 4.98 Å². The summed E-state index contributed by atoms with van der Waals surface area (Å²) < 4.78 is 15.6. The van der Waals surface area contributed by atoms with Crippen molar-refractivity contribution in [2.45, 2.75) is 6.54 Å². The van der Waals surface area contributed by atoms with E-state index in [4.69, 9.17) is 44.3 Å². The van der Waals surface area contributed by atoms with Gasteiger partial charge in [-0.25, -0.2) is 9.69 Å². The summed E-state index contributed by atoms with van der Waals surface area (Å²) in [5.41, 5.74) is 0.704. The lowest BCUT2D eigenvalue weighted by atomic mass is 10.2. The molecule has 1 aliphatic heterocycles. The van der Waals surface area contributed by atoms with Crippen LogP contribution in [0.4, 0.5) is 10.5 Å². The molecule has 0 atom stereocenters. The standard InChI is InChI=1S/C31H22Cl3N5O6S/c1-36-26-25(28(41)37(2)30(36)42)38(15-17-5-6-19(33)14-21(17)34)29(35-26)45-22-11-4-16(12-23(22)44-3)13-24-27(40)39(31(43)46-24)20-9-7-18(32)8-10-20/h4-14H,15H2,1-3H3. The van der Waals surface area contributed by atoms with E-state index in [0.717, 1.165) is 21.2 Å². The van der Waals surface area contributed by atoms with E-state index in [1.54, 1.807) is 66.7 Å². The monoisotopic (exact) mass is 697 g/mol. The first kappa shape index (κ1) is 31.5. The van der Waals surface area contributed by atoms with Crippen molar-refractivity contribution in [3.63, 3.8) is 0 Å². The maximum absolute atomic E-state index is 13.3. The van der Waals surface area contributed by atoms with Crippen molar-refractivity contribution in [1.82, 2.24) is 18.7 Å². The molecular formula is C31H22Cl3N5O6S. The van der Waals surface area contributed by atoms with Gasteiger partial charge in [-0.15, -0.1) is 0 Å². The summed E-state index contributed by atoms with van der Waals surface area (Å²) in [5, 5.41) is 0.852. The molecular weight excluding hydrogens is 677 g/mol. The Morgan fingerprint density at radius 1 is 0.870 bits per heavy atom. The number of imidazole rings is 1. The molecule has 1 fully saturated rings. The number of aromatic nitrogens is 4. The van der Waals surface area contributed by atoms with Gasteiger partial charge < -0.3 is 9.47 Å². The summed E-state index contributed by atoms with van der Waals surface area (Å²) >= 11 is 19.3.